The van der Waals surface area contributed by atoms with E-state index in [1.807, 2.05) is 0 Å². The van der Waals surface area contributed by atoms with Crippen molar-refractivity contribution in [2.45, 2.75) is 25.2 Å². The minimum Gasteiger partial charge on any atom is -0.351 e. The quantitative estimate of drug-likeness (QED) is 0.604. The third-order valence-electron chi connectivity index (χ3n) is 4.67. The molecule has 1 aliphatic rings. The first kappa shape index (κ1) is 20.0. The summed E-state index contributed by atoms with van der Waals surface area (Å²) >= 11 is 0. The SMILES string of the molecule is O=C(c1cccc(C(F)(F)F)c1)C1CNC(C(=O)NCc2ccc(F)cc2)C1. The van der Waals surface area contributed by atoms with E-state index in [2.05, 4.69) is 10.6 Å². The molecule has 1 saturated heterocycles. The summed E-state index contributed by atoms with van der Waals surface area (Å²) in [5.74, 6) is -1.69. The zero-order chi connectivity index (χ0) is 20.3. The van der Waals surface area contributed by atoms with Gasteiger partial charge in [0.05, 0.1) is 11.6 Å². The maximum atomic E-state index is 12.9. The second-order valence-electron chi connectivity index (χ2n) is 6.68. The van der Waals surface area contributed by atoms with Crippen molar-refractivity contribution in [3.8, 4) is 0 Å². The van der Waals surface area contributed by atoms with Crippen molar-refractivity contribution in [1.82, 2.24) is 10.6 Å². The highest BCUT2D eigenvalue weighted by Crippen LogP contribution is 2.30. The highest BCUT2D eigenvalue weighted by atomic mass is 19.4. The highest BCUT2D eigenvalue weighted by Gasteiger charge is 2.35. The van der Waals surface area contributed by atoms with E-state index in [-0.39, 0.29) is 36.8 Å². The van der Waals surface area contributed by atoms with Crippen molar-refractivity contribution in [2.24, 2.45) is 5.92 Å². The number of Topliss-reactive ketones (excluding diaryl/α,β-unsaturated/α-hetero) is 1. The summed E-state index contributed by atoms with van der Waals surface area (Å²) in [6.07, 6.45) is -4.32. The molecular weight excluding hydrogens is 376 g/mol. The molecule has 4 nitrogen and oxygen atoms in total. The van der Waals surface area contributed by atoms with Crippen LogP contribution in [0.4, 0.5) is 17.6 Å². The van der Waals surface area contributed by atoms with E-state index in [1.54, 1.807) is 12.1 Å². The Morgan fingerprint density at radius 1 is 1.11 bits per heavy atom. The number of carbonyl (C=O) groups excluding carboxylic acids is 2. The topological polar surface area (TPSA) is 58.2 Å². The molecule has 28 heavy (non-hydrogen) atoms. The second-order valence-corrected chi connectivity index (χ2v) is 6.68. The Hall–Kier alpha value is -2.74. The average molecular weight is 394 g/mol. The fraction of sp³-hybridized carbons (Fsp3) is 0.300. The Labute approximate surface area is 158 Å². The number of rotatable bonds is 5. The molecule has 8 heteroatoms. The van der Waals surface area contributed by atoms with Crippen molar-refractivity contribution in [2.75, 3.05) is 6.54 Å². The number of amides is 1. The molecule has 1 fully saturated rings. The van der Waals surface area contributed by atoms with Crippen LogP contribution in [-0.2, 0) is 17.5 Å². The highest BCUT2D eigenvalue weighted by molar-refractivity contribution is 5.99. The predicted octanol–water partition coefficient (Wildman–Crippen LogP) is 3.32. The molecule has 148 valence electrons. The van der Waals surface area contributed by atoms with Gasteiger partial charge in [-0.2, -0.15) is 13.2 Å². The van der Waals surface area contributed by atoms with Gasteiger partial charge in [0.15, 0.2) is 5.78 Å². The van der Waals surface area contributed by atoms with Gasteiger partial charge >= 0.3 is 6.18 Å². The standard InChI is InChI=1S/C20H18F4N2O2/c21-16-6-4-12(5-7-16)10-26-19(28)17-9-14(11-25-17)18(27)13-2-1-3-15(8-13)20(22,23)24/h1-8,14,17,25H,9-11H2,(H,26,28). The van der Waals surface area contributed by atoms with Gasteiger partial charge < -0.3 is 10.6 Å². The fourth-order valence-corrected chi connectivity index (χ4v) is 3.13. The number of halogens is 4. The van der Waals surface area contributed by atoms with Crippen molar-refractivity contribution in [3.05, 3.63) is 71.0 Å². The van der Waals surface area contributed by atoms with E-state index in [9.17, 15) is 27.2 Å². The van der Waals surface area contributed by atoms with Crippen molar-refractivity contribution in [3.63, 3.8) is 0 Å². The van der Waals surface area contributed by atoms with Crippen molar-refractivity contribution < 1.29 is 27.2 Å². The van der Waals surface area contributed by atoms with Crippen LogP contribution in [0.5, 0.6) is 0 Å². The maximum absolute atomic E-state index is 12.9. The summed E-state index contributed by atoms with van der Waals surface area (Å²) in [6.45, 7) is 0.424. The summed E-state index contributed by atoms with van der Waals surface area (Å²) in [6, 6.07) is 9.37. The molecule has 2 unspecified atom stereocenters. The summed E-state index contributed by atoms with van der Waals surface area (Å²) < 4.78 is 51.4. The summed E-state index contributed by atoms with van der Waals surface area (Å²) in [4.78, 5) is 24.8. The van der Waals surface area contributed by atoms with Crippen LogP contribution in [0.15, 0.2) is 48.5 Å². The van der Waals surface area contributed by atoms with E-state index < -0.39 is 29.5 Å². The zero-order valence-electron chi connectivity index (χ0n) is 14.7. The first-order valence-corrected chi connectivity index (χ1v) is 8.71. The summed E-state index contributed by atoms with van der Waals surface area (Å²) in [5, 5.41) is 5.64. The number of carbonyl (C=O) groups is 2. The number of alkyl halides is 3. The lowest BCUT2D eigenvalue weighted by Crippen LogP contribution is -2.39. The molecule has 0 spiro atoms. The van der Waals surface area contributed by atoms with Crippen LogP contribution in [0.1, 0.15) is 27.9 Å². The van der Waals surface area contributed by atoms with Crippen LogP contribution in [0.2, 0.25) is 0 Å². The molecule has 2 atom stereocenters. The van der Waals surface area contributed by atoms with Gasteiger partial charge in [0.2, 0.25) is 5.91 Å². The van der Waals surface area contributed by atoms with Gasteiger partial charge in [0.1, 0.15) is 5.82 Å². The van der Waals surface area contributed by atoms with Gasteiger partial charge in [-0.1, -0.05) is 24.3 Å². The van der Waals surface area contributed by atoms with Crippen LogP contribution in [0.25, 0.3) is 0 Å². The molecule has 0 aromatic heterocycles. The second kappa shape index (κ2) is 8.10. The predicted molar refractivity (Wildman–Crippen MR) is 93.9 cm³/mol. The van der Waals surface area contributed by atoms with Crippen LogP contribution in [0, 0.1) is 11.7 Å². The van der Waals surface area contributed by atoms with Gasteiger partial charge in [0, 0.05) is 24.6 Å². The number of nitrogens with one attached hydrogen (secondary N) is 2. The molecule has 0 saturated carbocycles. The monoisotopic (exact) mass is 394 g/mol. The molecular formula is C20H18F4N2O2. The van der Waals surface area contributed by atoms with Gasteiger partial charge in [-0.3, -0.25) is 9.59 Å². The zero-order valence-corrected chi connectivity index (χ0v) is 14.7. The third-order valence-corrected chi connectivity index (χ3v) is 4.67. The van der Waals surface area contributed by atoms with Crippen molar-refractivity contribution in [1.29, 1.82) is 0 Å². The minimum absolute atomic E-state index is 0.0194. The Balaban J connectivity index is 1.57. The average Bonchev–Trinajstić information content (AvgIpc) is 3.16. The van der Waals surface area contributed by atoms with Gasteiger partial charge in [0.25, 0.3) is 0 Å². The van der Waals surface area contributed by atoms with Gasteiger partial charge in [-0.25, -0.2) is 4.39 Å². The lowest BCUT2D eigenvalue weighted by atomic mass is 9.94. The normalized spacial score (nSPS) is 19.4. The Bertz CT molecular complexity index is 865. The molecule has 0 radical (unpaired) electrons. The van der Waals surface area contributed by atoms with E-state index >= 15 is 0 Å². The van der Waals surface area contributed by atoms with Crippen LogP contribution >= 0.6 is 0 Å². The lowest BCUT2D eigenvalue weighted by molar-refractivity contribution is -0.137. The maximum Gasteiger partial charge on any atom is 0.416 e. The summed E-state index contributed by atoms with van der Waals surface area (Å²) in [7, 11) is 0. The number of ketones is 1. The molecule has 0 bridgehead atoms. The van der Waals surface area contributed by atoms with Crippen LogP contribution < -0.4 is 10.6 Å². The fourth-order valence-electron chi connectivity index (χ4n) is 3.13. The third kappa shape index (κ3) is 4.75. The van der Waals surface area contributed by atoms with E-state index in [0.29, 0.717) is 0 Å². The first-order chi connectivity index (χ1) is 13.2. The molecule has 1 heterocycles. The molecule has 2 aromatic carbocycles. The molecule has 1 amide bonds. The van der Waals surface area contributed by atoms with Crippen LogP contribution in [-0.4, -0.2) is 24.3 Å². The lowest BCUT2D eigenvalue weighted by Gasteiger charge is -2.12. The summed E-state index contributed by atoms with van der Waals surface area (Å²) in [5.41, 5.74) is -0.170. The minimum atomic E-state index is -4.52. The Kier molecular flexibility index (Phi) is 5.79. The molecule has 1 aliphatic heterocycles. The van der Waals surface area contributed by atoms with Crippen molar-refractivity contribution >= 4 is 11.7 Å². The molecule has 2 N–H and O–H groups in total. The Morgan fingerprint density at radius 2 is 1.82 bits per heavy atom. The molecule has 3 rings (SSSR count). The van der Waals surface area contributed by atoms with E-state index in [1.165, 1.54) is 24.3 Å². The van der Waals surface area contributed by atoms with E-state index in [4.69, 9.17) is 0 Å². The molecule has 2 aromatic rings. The Morgan fingerprint density at radius 3 is 2.50 bits per heavy atom. The van der Waals surface area contributed by atoms with E-state index in [0.717, 1.165) is 17.7 Å². The first-order valence-electron chi connectivity index (χ1n) is 8.71. The number of hydrogen-bond donors (Lipinski definition) is 2. The van der Waals surface area contributed by atoms with Crippen LogP contribution in [0.3, 0.4) is 0 Å². The number of hydrogen-bond acceptors (Lipinski definition) is 3. The molecule has 0 aliphatic carbocycles. The van der Waals surface area contributed by atoms with Gasteiger partial charge in [-0.05, 0) is 36.2 Å². The largest absolute Gasteiger partial charge is 0.416 e. The smallest absolute Gasteiger partial charge is 0.351 e. The van der Waals surface area contributed by atoms with Gasteiger partial charge in [-0.15, -0.1) is 0 Å². The number of benzene rings is 2.